The van der Waals surface area contributed by atoms with E-state index in [-0.39, 0.29) is 5.82 Å². The molecule has 0 atom stereocenters. The van der Waals surface area contributed by atoms with Crippen LogP contribution < -0.4 is 0 Å². The fraction of sp³-hybridized carbons (Fsp3) is 0.0769. The summed E-state index contributed by atoms with van der Waals surface area (Å²) in [6.07, 6.45) is 2.19. The molecule has 4 heteroatoms. The Bertz CT molecular complexity index is 590. The van der Waals surface area contributed by atoms with Gasteiger partial charge >= 0.3 is 0 Å². The van der Waals surface area contributed by atoms with Gasteiger partial charge in [-0.1, -0.05) is 12.1 Å². The summed E-state index contributed by atoms with van der Waals surface area (Å²) in [7, 11) is 0. The van der Waals surface area contributed by atoms with Crippen LogP contribution in [-0.2, 0) is 6.42 Å². The van der Waals surface area contributed by atoms with E-state index in [9.17, 15) is 4.39 Å². The van der Waals surface area contributed by atoms with E-state index in [1.165, 1.54) is 12.1 Å². The number of nitriles is 1. The zero-order chi connectivity index (χ0) is 12.3. The van der Waals surface area contributed by atoms with Gasteiger partial charge in [0.15, 0.2) is 5.69 Å². The molecule has 0 saturated carbocycles. The number of pyridine rings is 1. The van der Waals surface area contributed by atoms with Gasteiger partial charge in [-0.2, -0.15) is 5.26 Å². The predicted octanol–water partition coefficient (Wildman–Crippen LogP) is 2.97. The molecule has 0 bridgehead atoms. The molecule has 0 fully saturated rings. The third-order valence-corrected chi connectivity index (χ3v) is 2.67. The number of halogens is 1. The van der Waals surface area contributed by atoms with Gasteiger partial charge in [0, 0.05) is 11.1 Å². The third-order valence-electron chi connectivity index (χ3n) is 2.33. The van der Waals surface area contributed by atoms with Crippen LogP contribution in [0.3, 0.4) is 0 Å². The smallest absolute Gasteiger partial charge is 0.153 e. The van der Waals surface area contributed by atoms with Crippen LogP contribution in [-0.4, -0.2) is 4.98 Å². The van der Waals surface area contributed by atoms with Gasteiger partial charge in [-0.05, 0) is 35.7 Å². The summed E-state index contributed by atoms with van der Waals surface area (Å²) < 4.78 is 13.0. The highest BCUT2D eigenvalue weighted by Gasteiger charge is 2.03. The van der Waals surface area contributed by atoms with Crippen molar-refractivity contribution in [3.63, 3.8) is 0 Å². The van der Waals surface area contributed by atoms with Gasteiger partial charge in [-0.3, -0.25) is 0 Å². The fourth-order valence-electron chi connectivity index (χ4n) is 1.56. The highest BCUT2D eigenvalue weighted by atomic mass is 32.1. The van der Waals surface area contributed by atoms with Crippen LogP contribution >= 0.6 is 12.6 Å². The summed E-state index contributed by atoms with van der Waals surface area (Å²) in [5.41, 5.74) is 2.07. The predicted molar refractivity (Wildman–Crippen MR) is 65.4 cm³/mol. The number of thiol groups is 1. The molecule has 0 spiro atoms. The van der Waals surface area contributed by atoms with Gasteiger partial charge in [0.2, 0.25) is 0 Å². The number of rotatable bonds is 2. The van der Waals surface area contributed by atoms with Gasteiger partial charge < -0.3 is 0 Å². The summed E-state index contributed by atoms with van der Waals surface area (Å²) in [6, 6.07) is 10.1. The quantitative estimate of drug-likeness (QED) is 0.824. The second kappa shape index (κ2) is 4.98. The van der Waals surface area contributed by atoms with Crippen molar-refractivity contribution in [3.8, 4) is 6.07 Å². The van der Waals surface area contributed by atoms with Crippen LogP contribution in [0.2, 0.25) is 0 Å². The zero-order valence-electron chi connectivity index (χ0n) is 8.89. The van der Waals surface area contributed by atoms with Gasteiger partial charge in [0.05, 0.1) is 0 Å². The maximum Gasteiger partial charge on any atom is 0.153 e. The van der Waals surface area contributed by atoms with Crippen molar-refractivity contribution in [1.82, 2.24) is 4.98 Å². The molecule has 1 aromatic carbocycles. The van der Waals surface area contributed by atoms with Gasteiger partial charge in [0.25, 0.3) is 0 Å². The van der Waals surface area contributed by atoms with Gasteiger partial charge in [-0.15, -0.1) is 12.6 Å². The normalized spacial score (nSPS) is 9.94. The molecular formula is C13H9FN2S. The standard InChI is InChI=1S/C13H9FN2S/c14-11-3-1-2-9(5-11)4-10-6-13(17)12(7-15)16-8-10/h1-3,5-6,8,17H,4H2. The monoisotopic (exact) mass is 244 g/mol. The van der Waals surface area contributed by atoms with E-state index >= 15 is 0 Å². The first-order chi connectivity index (χ1) is 8.19. The van der Waals surface area contributed by atoms with Crippen LogP contribution in [0.4, 0.5) is 4.39 Å². The third kappa shape index (κ3) is 2.83. The second-order valence-corrected chi connectivity index (χ2v) is 4.11. The summed E-state index contributed by atoms with van der Waals surface area (Å²) in [5.74, 6) is -0.254. The van der Waals surface area contributed by atoms with E-state index < -0.39 is 0 Å². The molecule has 2 aromatic rings. The Labute approximate surface area is 104 Å². The lowest BCUT2D eigenvalue weighted by Crippen LogP contribution is -1.93. The first kappa shape index (κ1) is 11.6. The second-order valence-electron chi connectivity index (χ2n) is 3.63. The number of nitrogens with zero attached hydrogens (tertiary/aromatic N) is 2. The molecule has 2 rings (SSSR count). The number of hydrogen-bond acceptors (Lipinski definition) is 3. The average molecular weight is 244 g/mol. The maximum absolute atomic E-state index is 13.0. The molecule has 0 aliphatic rings. The molecule has 84 valence electrons. The number of benzene rings is 1. The molecule has 0 aliphatic carbocycles. The van der Waals surface area contributed by atoms with Crippen molar-refractivity contribution in [1.29, 1.82) is 5.26 Å². The minimum atomic E-state index is -0.254. The fourth-order valence-corrected chi connectivity index (χ4v) is 1.83. The SMILES string of the molecule is N#Cc1ncc(Cc2cccc(F)c2)cc1S. The first-order valence-corrected chi connectivity index (χ1v) is 5.46. The number of aromatic nitrogens is 1. The van der Waals surface area contributed by atoms with Crippen LogP contribution in [0.5, 0.6) is 0 Å². The van der Waals surface area contributed by atoms with Crippen molar-refractivity contribution >= 4 is 12.6 Å². The van der Waals surface area contributed by atoms with Crippen LogP contribution in [0.25, 0.3) is 0 Å². The van der Waals surface area contributed by atoms with E-state index in [1.54, 1.807) is 18.3 Å². The molecule has 0 saturated heterocycles. The van der Waals surface area contributed by atoms with Gasteiger partial charge in [0.1, 0.15) is 11.9 Å². The molecule has 2 nitrogen and oxygen atoms in total. The summed E-state index contributed by atoms with van der Waals surface area (Å²) in [4.78, 5) is 4.53. The zero-order valence-corrected chi connectivity index (χ0v) is 9.79. The minimum absolute atomic E-state index is 0.254. The van der Waals surface area contributed by atoms with E-state index in [4.69, 9.17) is 5.26 Å². The Kier molecular flexibility index (Phi) is 3.40. The molecule has 1 aromatic heterocycles. The Hall–Kier alpha value is -1.86. The topological polar surface area (TPSA) is 36.7 Å². The Morgan fingerprint density at radius 2 is 2.12 bits per heavy atom. The van der Waals surface area contributed by atoms with Crippen molar-refractivity contribution in [2.24, 2.45) is 0 Å². The van der Waals surface area contributed by atoms with Crippen molar-refractivity contribution in [3.05, 3.63) is 59.2 Å². The van der Waals surface area contributed by atoms with Crippen LogP contribution in [0.15, 0.2) is 41.4 Å². The van der Waals surface area contributed by atoms with Gasteiger partial charge in [-0.25, -0.2) is 9.37 Å². The van der Waals surface area contributed by atoms with E-state index in [2.05, 4.69) is 17.6 Å². The largest absolute Gasteiger partial charge is 0.244 e. The average Bonchev–Trinajstić information content (AvgIpc) is 2.29. The Morgan fingerprint density at radius 1 is 1.29 bits per heavy atom. The summed E-state index contributed by atoms with van der Waals surface area (Å²) >= 11 is 4.18. The lowest BCUT2D eigenvalue weighted by atomic mass is 10.1. The highest BCUT2D eigenvalue weighted by Crippen LogP contribution is 2.16. The maximum atomic E-state index is 13.0. The number of hydrogen-bond donors (Lipinski definition) is 1. The molecule has 1 heterocycles. The lowest BCUT2D eigenvalue weighted by molar-refractivity contribution is 0.626. The highest BCUT2D eigenvalue weighted by molar-refractivity contribution is 7.80. The van der Waals surface area contributed by atoms with Crippen molar-refractivity contribution < 1.29 is 4.39 Å². The van der Waals surface area contributed by atoms with E-state index in [1.807, 2.05) is 12.1 Å². The molecule has 17 heavy (non-hydrogen) atoms. The first-order valence-electron chi connectivity index (χ1n) is 5.01. The minimum Gasteiger partial charge on any atom is -0.244 e. The molecular weight excluding hydrogens is 235 g/mol. The lowest BCUT2D eigenvalue weighted by Gasteiger charge is -2.03. The van der Waals surface area contributed by atoms with Crippen LogP contribution in [0.1, 0.15) is 16.8 Å². The molecule has 0 amide bonds. The summed E-state index contributed by atoms with van der Waals surface area (Å²) in [5, 5.41) is 8.72. The molecule has 0 radical (unpaired) electrons. The van der Waals surface area contributed by atoms with Crippen molar-refractivity contribution in [2.75, 3.05) is 0 Å². The molecule has 0 aliphatic heterocycles. The van der Waals surface area contributed by atoms with E-state index in [0.717, 1.165) is 11.1 Å². The van der Waals surface area contributed by atoms with Crippen molar-refractivity contribution in [2.45, 2.75) is 11.3 Å². The Morgan fingerprint density at radius 3 is 2.76 bits per heavy atom. The molecule has 0 N–H and O–H groups in total. The van der Waals surface area contributed by atoms with Crippen LogP contribution in [0, 0.1) is 17.1 Å². The molecule has 0 unspecified atom stereocenters. The summed E-state index contributed by atoms with van der Waals surface area (Å²) in [6.45, 7) is 0. The van der Waals surface area contributed by atoms with E-state index in [0.29, 0.717) is 17.0 Å². The Balaban J connectivity index is 2.25.